The molecule has 0 spiro atoms. The highest BCUT2D eigenvalue weighted by atomic mass is 35.5. The molecule has 5 heteroatoms. The molecule has 1 N–H and O–H groups in total. The molecule has 108 valence electrons. The molecule has 1 aromatic rings. The van der Waals surface area contributed by atoms with Crippen molar-refractivity contribution >= 4 is 11.6 Å². The van der Waals surface area contributed by atoms with Gasteiger partial charge in [-0.2, -0.15) is 5.10 Å². The Kier molecular flexibility index (Phi) is 4.54. The highest BCUT2D eigenvalue weighted by molar-refractivity contribution is 6.31. The standard InChI is InChI=1S/C14H24ClN3O/c1-4-14(2,18-8-6-5-7-9-18)13(19)12-11(15)10-16-17(12)3/h10,13,19H,4-9H2,1-3H3. The fourth-order valence-electron chi connectivity index (χ4n) is 3.02. The van der Waals surface area contributed by atoms with E-state index in [1.165, 1.54) is 19.3 Å². The van der Waals surface area contributed by atoms with Gasteiger partial charge in [0.25, 0.3) is 0 Å². The van der Waals surface area contributed by atoms with E-state index in [0.717, 1.165) is 25.2 Å². The number of piperidine rings is 1. The van der Waals surface area contributed by atoms with Gasteiger partial charge in [0.2, 0.25) is 0 Å². The van der Waals surface area contributed by atoms with E-state index in [1.807, 2.05) is 7.05 Å². The van der Waals surface area contributed by atoms with Crippen molar-refractivity contribution in [2.75, 3.05) is 13.1 Å². The predicted octanol–water partition coefficient (Wildman–Crippen LogP) is 2.76. The Balaban J connectivity index is 2.29. The van der Waals surface area contributed by atoms with Crippen LogP contribution in [0, 0.1) is 0 Å². The summed E-state index contributed by atoms with van der Waals surface area (Å²) in [5.41, 5.74) is 0.439. The van der Waals surface area contributed by atoms with E-state index in [0.29, 0.717) is 5.02 Å². The van der Waals surface area contributed by atoms with Gasteiger partial charge in [-0.05, 0) is 39.3 Å². The van der Waals surface area contributed by atoms with Gasteiger partial charge >= 0.3 is 0 Å². The molecule has 0 radical (unpaired) electrons. The molecule has 2 heterocycles. The van der Waals surface area contributed by atoms with E-state index in [1.54, 1.807) is 10.9 Å². The summed E-state index contributed by atoms with van der Waals surface area (Å²) < 4.78 is 1.69. The van der Waals surface area contributed by atoms with Crippen molar-refractivity contribution in [2.45, 2.75) is 51.2 Å². The molecule has 0 aromatic carbocycles. The van der Waals surface area contributed by atoms with Gasteiger partial charge in [-0.3, -0.25) is 9.58 Å². The van der Waals surface area contributed by atoms with E-state index in [9.17, 15) is 5.11 Å². The summed E-state index contributed by atoms with van der Waals surface area (Å²) >= 11 is 6.18. The van der Waals surface area contributed by atoms with Gasteiger partial charge in [0, 0.05) is 12.6 Å². The number of nitrogens with zero attached hydrogens (tertiary/aromatic N) is 3. The number of aryl methyl sites for hydroxylation is 1. The summed E-state index contributed by atoms with van der Waals surface area (Å²) in [6.07, 6.45) is 5.58. The lowest BCUT2D eigenvalue weighted by molar-refractivity contribution is -0.0387. The molecule has 1 aromatic heterocycles. The zero-order valence-electron chi connectivity index (χ0n) is 12.1. The Morgan fingerprint density at radius 3 is 2.53 bits per heavy atom. The third-order valence-electron chi connectivity index (χ3n) is 4.58. The van der Waals surface area contributed by atoms with Crippen LogP contribution in [0.3, 0.4) is 0 Å². The predicted molar refractivity (Wildman–Crippen MR) is 77.3 cm³/mol. The second-order valence-corrected chi connectivity index (χ2v) is 6.07. The van der Waals surface area contributed by atoms with Crippen molar-refractivity contribution in [3.8, 4) is 0 Å². The molecule has 2 atom stereocenters. The van der Waals surface area contributed by atoms with Gasteiger partial charge in [-0.15, -0.1) is 0 Å². The van der Waals surface area contributed by atoms with E-state index in [4.69, 9.17) is 11.6 Å². The first-order valence-electron chi connectivity index (χ1n) is 7.11. The van der Waals surface area contributed by atoms with Crippen LogP contribution in [0.15, 0.2) is 6.20 Å². The molecule has 1 saturated heterocycles. The van der Waals surface area contributed by atoms with Crippen LogP contribution in [0.5, 0.6) is 0 Å². The molecule has 0 amide bonds. The lowest BCUT2D eigenvalue weighted by Crippen LogP contribution is -2.52. The van der Waals surface area contributed by atoms with Crippen molar-refractivity contribution in [1.29, 1.82) is 0 Å². The lowest BCUT2D eigenvalue weighted by Gasteiger charge is -2.46. The first kappa shape index (κ1) is 14.8. The number of aliphatic hydroxyl groups is 1. The van der Waals surface area contributed by atoms with Crippen LogP contribution in [-0.4, -0.2) is 38.4 Å². The van der Waals surface area contributed by atoms with Crippen molar-refractivity contribution in [1.82, 2.24) is 14.7 Å². The third-order valence-corrected chi connectivity index (χ3v) is 4.87. The molecule has 0 saturated carbocycles. The number of hydrogen-bond acceptors (Lipinski definition) is 3. The van der Waals surface area contributed by atoms with Crippen molar-refractivity contribution in [3.63, 3.8) is 0 Å². The van der Waals surface area contributed by atoms with Gasteiger partial charge < -0.3 is 5.11 Å². The summed E-state index contributed by atoms with van der Waals surface area (Å²) in [6.45, 7) is 6.36. The van der Waals surface area contributed by atoms with E-state index < -0.39 is 6.10 Å². The van der Waals surface area contributed by atoms with Crippen LogP contribution in [-0.2, 0) is 7.05 Å². The molecule has 4 nitrogen and oxygen atoms in total. The zero-order chi connectivity index (χ0) is 14.0. The average molecular weight is 286 g/mol. The first-order valence-corrected chi connectivity index (χ1v) is 7.49. The first-order chi connectivity index (χ1) is 9.00. The largest absolute Gasteiger partial charge is 0.385 e. The number of rotatable bonds is 4. The van der Waals surface area contributed by atoms with Crippen LogP contribution in [0.2, 0.25) is 5.02 Å². The quantitative estimate of drug-likeness (QED) is 0.925. The monoisotopic (exact) mass is 285 g/mol. The maximum absolute atomic E-state index is 10.9. The molecule has 19 heavy (non-hydrogen) atoms. The Labute approximate surface area is 120 Å². The SMILES string of the molecule is CCC(C)(C(O)c1c(Cl)cnn1C)N1CCCCC1. The number of aromatic nitrogens is 2. The van der Waals surface area contributed by atoms with Gasteiger partial charge in [-0.1, -0.05) is 24.9 Å². The minimum atomic E-state index is -0.615. The number of likely N-dealkylation sites (tertiary alicyclic amines) is 1. The molecular weight excluding hydrogens is 262 g/mol. The fourth-order valence-corrected chi connectivity index (χ4v) is 3.29. The fraction of sp³-hybridized carbons (Fsp3) is 0.786. The number of hydrogen-bond donors (Lipinski definition) is 1. The summed E-state index contributed by atoms with van der Waals surface area (Å²) in [4.78, 5) is 2.41. The minimum Gasteiger partial charge on any atom is -0.385 e. The summed E-state index contributed by atoms with van der Waals surface area (Å²) in [7, 11) is 1.83. The van der Waals surface area contributed by atoms with Gasteiger partial charge in [0.1, 0.15) is 6.10 Å². The van der Waals surface area contributed by atoms with Crippen LogP contribution >= 0.6 is 11.6 Å². The Morgan fingerprint density at radius 1 is 1.42 bits per heavy atom. The molecule has 1 aliphatic rings. The maximum Gasteiger partial charge on any atom is 0.115 e. The van der Waals surface area contributed by atoms with Crippen LogP contribution < -0.4 is 0 Å². The average Bonchev–Trinajstić information content (AvgIpc) is 2.77. The Morgan fingerprint density at radius 2 is 2.05 bits per heavy atom. The van der Waals surface area contributed by atoms with E-state index in [2.05, 4.69) is 23.8 Å². The summed E-state index contributed by atoms with van der Waals surface area (Å²) in [5, 5.41) is 15.5. The molecule has 0 aliphatic carbocycles. The Bertz CT molecular complexity index is 409. The second kappa shape index (κ2) is 5.81. The molecular formula is C14H24ClN3O. The van der Waals surface area contributed by atoms with Gasteiger partial charge in [0.05, 0.1) is 16.9 Å². The highest BCUT2D eigenvalue weighted by Gasteiger charge is 2.40. The maximum atomic E-state index is 10.9. The summed E-state index contributed by atoms with van der Waals surface area (Å²) in [5.74, 6) is 0. The second-order valence-electron chi connectivity index (χ2n) is 5.66. The minimum absolute atomic E-state index is 0.280. The van der Waals surface area contributed by atoms with E-state index in [-0.39, 0.29) is 5.54 Å². The molecule has 2 rings (SSSR count). The normalized spacial score (nSPS) is 22.2. The van der Waals surface area contributed by atoms with Crippen LogP contribution in [0.25, 0.3) is 0 Å². The highest BCUT2D eigenvalue weighted by Crippen LogP contribution is 2.38. The molecule has 1 aliphatic heterocycles. The van der Waals surface area contributed by atoms with Crippen LogP contribution in [0.1, 0.15) is 51.3 Å². The molecule has 0 bridgehead atoms. The van der Waals surface area contributed by atoms with Gasteiger partial charge in [-0.25, -0.2) is 0 Å². The topological polar surface area (TPSA) is 41.3 Å². The zero-order valence-corrected chi connectivity index (χ0v) is 12.8. The lowest BCUT2D eigenvalue weighted by atomic mass is 9.85. The summed E-state index contributed by atoms with van der Waals surface area (Å²) in [6, 6.07) is 0. The molecule has 1 fully saturated rings. The number of aliphatic hydroxyl groups excluding tert-OH is 1. The molecule has 2 unspecified atom stereocenters. The van der Waals surface area contributed by atoms with E-state index >= 15 is 0 Å². The van der Waals surface area contributed by atoms with Crippen molar-refractivity contribution in [2.24, 2.45) is 7.05 Å². The smallest absolute Gasteiger partial charge is 0.115 e. The number of halogens is 1. The van der Waals surface area contributed by atoms with Crippen molar-refractivity contribution < 1.29 is 5.11 Å². The third kappa shape index (κ3) is 2.67. The van der Waals surface area contributed by atoms with Crippen molar-refractivity contribution in [3.05, 3.63) is 16.9 Å². The Hall–Kier alpha value is -0.580. The van der Waals surface area contributed by atoms with Gasteiger partial charge in [0.15, 0.2) is 0 Å². The van der Waals surface area contributed by atoms with Crippen LogP contribution in [0.4, 0.5) is 0 Å².